The quantitative estimate of drug-likeness (QED) is 0.757. The van der Waals surface area contributed by atoms with Crippen LogP contribution >= 0.6 is 0 Å². The SMILES string of the molecule is OC1CCC(Nc2nc3ccccc3n2Cc2ccccc2F)CC1. The highest BCUT2D eigenvalue weighted by Crippen LogP contribution is 2.26. The first-order valence-corrected chi connectivity index (χ1v) is 8.84. The number of benzene rings is 2. The van der Waals surface area contributed by atoms with Crippen molar-refractivity contribution in [2.24, 2.45) is 0 Å². The van der Waals surface area contributed by atoms with Crippen molar-refractivity contribution in [1.29, 1.82) is 0 Å². The lowest BCUT2D eigenvalue weighted by Crippen LogP contribution is -2.29. The van der Waals surface area contributed by atoms with E-state index in [2.05, 4.69) is 5.32 Å². The van der Waals surface area contributed by atoms with Crippen LogP contribution in [0.4, 0.5) is 10.3 Å². The summed E-state index contributed by atoms with van der Waals surface area (Å²) in [6, 6.07) is 15.1. The molecule has 25 heavy (non-hydrogen) atoms. The molecule has 4 rings (SSSR count). The first-order valence-electron chi connectivity index (χ1n) is 8.84. The smallest absolute Gasteiger partial charge is 0.204 e. The molecule has 3 aromatic rings. The van der Waals surface area contributed by atoms with Gasteiger partial charge in [0.2, 0.25) is 5.95 Å². The number of imidazole rings is 1. The number of halogens is 1. The number of anilines is 1. The summed E-state index contributed by atoms with van der Waals surface area (Å²) < 4.78 is 16.2. The van der Waals surface area contributed by atoms with Crippen LogP contribution in [0.2, 0.25) is 0 Å². The molecule has 0 saturated heterocycles. The second-order valence-corrected chi connectivity index (χ2v) is 6.75. The largest absolute Gasteiger partial charge is 0.393 e. The maximum absolute atomic E-state index is 14.1. The third-order valence-corrected chi connectivity index (χ3v) is 4.97. The number of rotatable bonds is 4. The fraction of sp³-hybridized carbons (Fsp3) is 0.350. The molecule has 1 saturated carbocycles. The molecule has 1 fully saturated rings. The molecule has 1 aliphatic carbocycles. The number of aromatic nitrogens is 2. The monoisotopic (exact) mass is 339 g/mol. The van der Waals surface area contributed by atoms with Gasteiger partial charge in [0.05, 0.1) is 23.7 Å². The summed E-state index contributed by atoms with van der Waals surface area (Å²) in [7, 11) is 0. The molecule has 0 radical (unpaired) electrons. The van der Waals surface area contributed by atoms with Crippen molar-refractivity contribution >= 4 is 17.0 Å². The third kappa shape index (κ3) is 3.37. The lowest BCUT2D eigenvalue weighted by molar-refractivity contribution is 0.126. The van der Waals surface area contributed by atoms with Crippen LogP contribution in [-0.2, 0) is 6.54 Å². The van der Waals surface area contributed by atoms with E-state index in [1.165, 1.54) is 6.07 Å². The number of fused-ring (bicyclic) bond motifs is 1. The van der Waals surface area contributed by atoms with Gasteiger partial charge in [-0.15, -0.1) is 0 Å². The Morgan fingerprint density at radius 3 is 2.56 bits per heavy atom. The van der Waals surface area contributed by atoms with Gasteiger partial charge in [0.25, 0.3) is 0 Å². The van der Waals surface area contributed by atoms with E-state index in [9.17, 15) is 9.50 Å². The highest BCUT2D eigenvalue weighted by atomic mass is 19.1. The number of nitrogens with zero attached hydrogens (tertiary/aromatic N) is 2. The Balaban J connectivity index is 1.67. The Labute approximate surface area is 146 Å². The molecule has 0 spiro atoms. The van der Waals surface area contributed by atoms with Crippen molar-refractivity contribution in [3.05, 3.63) is 59.9 Å². The molecular weight excluding hydrogens is 317 g/mol. The Morgan fingerprint density at radius 1 is 1.04 bits per heavy atom. The zero-order valence-electron chi connectivity index (χ0n) is 14.0. The third-order valence-electron chi connectivity index (χ3n) is 4.97. The number of aliphatic hydroxyl groups is 1. The van der Waals surface area contributed by atoms with E-state index in [0.29, 0.717) is 18.2 Å². The van der Waals surface area contributed by atoms with Gasteiger partial charge in [0, 0.05) is 11.6 Å². The van der Waals surface area contributed by atoms with Crippen molar-refractivity contribution in [2.45, 2.75) is 44.4 Å². The highest BCUT2D eigenvalue weighted by molar-refractivity contribution is 5.78. The van der Waals surface area contributed by atoms with Gasteiger partial charge in [0.15, 0.2) is 0 Å². The predicted molar refractivity (Wildman–Crippen MR) is 97.1 cm³/mol. The number of aliphatic hydroxyl groups excluding tert-OH is 1. The summed E-state index contributed by atoms with van der Waals surface area (Å²) in [6.07, 6.45) is 3.28. The van der Waals surface area contributed by atoms with E-state index in [1.54, 1.807) is 6.07 Å². The fourth-order valence-electron chi connectivity index (χ4n) is 3.55. The van der Waals surface area contributed by atoms with Crippen molar-refractivity contribution in [1.82, 2.24) is 9.55 Å². The summed E-state index contributed by atoms with van der Waals surface area (Å²) in [5, 5.41) is 13.2. The van der Waals surface area contributed by atoms with Crippen LogP contribution in [0.3, 0.4) is 0 Å². The molecular formula is C20H22FN3O. The van der Waals surface area contributed by atoms with Crippen molar-refractivity contribution in [3.8, 4) is 0 Å². The standard InChI is InChI=1S/C20H22FN3O/c21-17-6-2-1-5-14(17)13-24-19-8-4-3-7-18(19)23-20(24)22-15-9-11-16(25)12-10-15/h1-8,15-16,25H,9-13H2,(H,22,23). The van der Waals surface area contributed by atoms with Crippen LogP contribution < -0.4 is 5.32 Å². The van der Waals surface area contributed by atoms with Gasteiger partial charge >= 0.3 is 0 Å². The van der Waals surface area contributed by atoms with Crippen molar-refractivity contribution < 1.29 is 9.50 Å². The van der Waals surface area contributed by atoms with Crippen LogP contribution in [0.5, 0.6) is 0 Å². The topological polar surface area (TPSA) is 50.1 Å². The van der Waals surface area contributed by atoms with Gasteiger partial charge in [-0.1, -0.05) is 30.3 Å². The maximum atomic E-state index is 14.1. The second kappa shape index (κ2) is 6.84. The van der Waals surface area contributed by atoms with Gasteiger partial charge in [0.1, 0.15) is 5.82 Å². The van der Waals surface area contributed by atoms with Crippen LogP contribution in [0, 0.1) is 5.82 Å². The molecule has 0 atom stereocenters. The first kappa shape index (κ1) is 16.1. The van der Waals surface area contributed by atoms with Gasteiger partial charge in [-0.2, -0.15) is 0 Å². The molecule has 1 heterocycles. The average Bonchev–Trinajstić information content (AvgIpc) is 2.96. The Kier molecular flexibility index (Phi) is 4.40. The van der Waals surface area contributed by atoms with Crippen molar-refractivity contribution in [2.75, 3.05) is 5.32 Å². The second-order valence-electron chi connectivity index (χ2n) is 6.75. The Bertz CT molecular complexity index is 868. The molecule has 0 aliphatic heterocycles. The summed E-state index contributed by atoms with van der Waals surface area (Å²) in [5.74, 6) is 0.567. The Morgan fingerprint density at radius 2 is 1.76 bits per heavy atom. The van der Waals surface area contributed by atoms with Gasteiger partial charge in [-0.3, -0.25) is 0 Å². The molecule has 2 aromatic carbocycles. The zero-order chi connectivity index (χ0) is 17.2. The number of para-hydroxylation sites is 2. The minimum atomic E-state index is -0.202. The molecule has 1 aromatic heterocycles. The summed E-state index contributed by atoms with van der Waals surface area (Å²) in [4.78, 5) is 4.72. The zero-order valence-corrected chi connectivity index (χ0v) is 14.0. The number of hydrogen-bond acceptors (Lipinski definition) is 3. The normalized spacial score (nSPS) is 20.7. The van der Waals surface area contributed by atoms with E-state index in [4.69, 9.17) is 4.98 Å². The van der Waals surface area contributed by atoms with Crippen molar-refractivity contribution in [3.63, 3.8) is 0 Å². The first-order chi connectivity index (χ1) is 12.2. The van der Waals surface area contributed by atoms with E-state index in [0.717, 1.165) is 42.7 Å². The lowest BCUT2D eigenvalue weighted by atomic mass is 9.93. The average molecular weight is 339 g/mol. The Hall–Kier alpha value is -2.40. The maximum Gasteiger partial charge on any atom is 0.204 e. The summed E-state index contributed by atoms with van der Waals surface area (Å²) in [6.45, 7) is 0.435. The van der Waals surface area contributed by atoms with E-state index >= 15 is 0 Å². The van der Waals surface area contributed by atoms with Crippen LogP contribution in [0.1, 0.15) is 31.2 Å². The molecule has 5 heteroatoms. The minimum absolute atomic E-state index is 0.185. The number of hydrogen-bond donors (Lipinski definition) is 2. The van der Waals surface area contributed by atoms with Crippen LogP contribution in [-0.4, -0.2) is 26.8 Å². The van der Waals surface area contributed by atoms with Gasteiger partial charge in [-0.05, 0) is 43.9 Å². The fourth-order valence-corrected chi connectivity index (χ4v) is 3.55. The predicted octanol–water partition coefficient (Wildman–Crippen LogP) is 3.94. The van der Waals surface area contributed by atoms with Gasteiger partial charge in [-0.25, -0.2) is 9.37 Å². The van der Waals surface area contributed by atoms with Crippen LogP contribution in [0.25, 0.3) is 11.0 Å². The molecule has 130 valence electrons. The van der Waals surface area contributed by atoms with E-state index < -0.39 is 0 Å². The molecule has 1 aliphatic rings. The van der Waals surface area contributed by atoms with E-state index in [1.807, 2.05) is 41.0 Å². The molecule has 0 bridgehead atoms. The number of nitrogens with one attached hydrogen (secondary N) is 1. The van der Waals surface area contributed by atoms with Gasteiger partial charge < -0.3 is 15.0 Å². The summed E-state index contributed by atoms with van der Waals surface area (Å²) in [5.41, 5.74) is 2.54. The highest BCUT2D eigenvalue weighted by Gasteiger charge is 2.21. The molecule has 2 N–H and O–H groups in total. The minimum Gasteiger partial charge on any atom is -0.393 e. The van der Waals surface area contributed by atoms with E-state index in [-0.39, 0.29) is 11.9 Å². The lowest BCUT2D eigenvalue weighted by Gasteiger charge is -2.26. The molecule has 0 amide bonds. The molecule has 4 nitrogen and oxygen atoms in total. The summed E-state index contributed by atoms with van der Waals surface area (Å²) >= 11 is 0. The molecule has 0 unspecified atom stereocenters. The van der Waals surface area contributed by atoms with Crippen LogP contribution in [0.15, 0.2) is 48.5 Å².